The van der Waals surface area contributed by atoms with Crippen molar-refractivity contribution in [2.24, 2.45) is 5.92 Å². The zero-order valence-electron chi connectivity index (χ0n) is 13.3. The monoisotopic (exact) mass is 292 g/mol. The van der Waals surface area contributed by atoms with Gasteiger partial charge in [0.2, 0.25) is 0 Å². The third-order valence-electron chi connectivity index (χ3n) is 4.37. The van der Waals surface area contributed by atoms with E-state index in [1.807, 2.05) is 12.3 Å². The zero-order valence-corrected chi connectivity index (χ0v) is 13.3. The Hall–Kier alpha value is -2.09. The summed E-state index contributed by atoms with van der Waals surface area (Å²) in [6.45, 7) is 2.27. The minimum Gasteiger partial charge on any atom is -0.361 e. The van der Waals surface area contributed by atoms with Crippen LogP contribution < -0.4 is 0 Å². The van der Waals surface area contributed by atoms with Crippen molar-refractivity contribution in [3.05, 3.63) is 66.1 Å². The van der Waals surface area contributed by atoms with Gasteiger partial charge in [-0.3, -0.25) is 4.98 Å². The number of aromatic nitrogens is 2. The van der Waals surface area contributed by atoms with Crippen LogP contribution in [0.15, 0.2) is 54.9 Å². The van der Waals surface area contributed by atoms with Crippen molar-refractivity contribution in [1.29, 1.82) is 0 Å². The van der Waals surface area contributed by atoms with Crippen LogP contribution in [0, 0.1) is 5.92 Å². The fraction of sp³-hybridized carbons (Fsp3) is 0.350. The van der Waals surface area contributed by atoms with E-state index in [4.69, 9.17) is 0 Å². The number of pyridine rings is 1. The third-order valence-corrected chi connectivity index (χ3v) is 4.37. The van der Waals surface area contributed by atoms with Crippen molar-refractivity contribution in [2.45, 2.75) is 39.0 Å². The Morgan fingerprint density at radius 1 is 1.05 bits per heavy atom. The summed E-state index contributed by atoms with van der Waals surface area (Å²) in [5.74, 6) is 0.661. The molecule has 3 rings (SSSR count). The van der Waals surface area contributed by atoms with Crippen molar-refractivity contribution in [2.75, 3.05) is 0 Å². The Bertz CT molecular complexity index is 700. The highest BCUT2D eigenvalue weighted by atomic mass is 14.7. The van der Waals surface area contributed by atoms with Crippen LogP contribution in [-0.4, -0.2) is 9.97 Å². The van der Waals surface area contributed by atoms with Gasteiger partial charge in [0, 0.05) is 29.0 Å². The number of hydrogen-bond donors (Lipinski definition) is 1. The molecule has 2 heteroatoms. The second kappa shape index (κ2) is 7.26. The number of aromatic amines is 1. The van der Waals surface area contributed by atoms with Crippen LogP contribution >= 0.6 is 0 Å². The summed E-state index contributed by atoms with van der Waals surface area (Å²) in [7, 11) is 0. The fourth-order valence-electron chi connectivity index (χ4n) is 3.20. The first kappa shape index (κ1) is 14.8. The second-order valence-corrected chi connectivity index (χ2v) is 6.10. The first-order chi connectivity index (χ1) is 10.9. The molecule has 0 amide bonds. The highest BCUT2D eigenvalue weighted by molar-refractivity contribution is 5.83. The standard InChI is InChI=1S/C20H24N2/c1-2-3-8-16(14-18-9-6-7-12-21-18)13-17-15-22-20-11-5-4-10-19(17)20/h4-7,9-12,15-16,22H,2-3,8,13-14H2,1H3. The quantitative estimate of drug-likeness (QED) is 0.640. The van der Waals surface area contributed by atoms with Crippen molar-refractivity contribution in [3.63, 3.8) is 0 Å². The minimum absolute atomic E-state index is 0.661. The van der Waals surface area contributed by atoms with Crippen LogP contribution in [-0.2, 0) is 12.8 Å². The number of fused-ring (bicyclic) bond motifs is 1. The SMILES string of the molecule is CCCCC(Cc1ccccn1)Cc1c[nH]c2ccccc12. The van der Waals surface area contributed by atoms with Gasteiger partial charge < -0.3 is 4.98 Å². The predicted molar refractivity (Wildman–Crippen MR) is 93.0 cm³/mol. The number of nitrogens with one attached hydrogen (secondary N) is 1. The molecular weight excluding hydrogens is 268 g/mol. The summed E-state index contributed by atoms with van der Waals surface area (Å²) < 4.78 is 0. The average molecular weight is 292 g/mol. The van der Waals surface area contributed by atoms with Crippen molar-refractivity contribution >= 4 is 10.9 Å². The topological polar surface area (TPSA) is 28.7 Å². The molecule has 0 aliphatic heterocycles. The minimum atomic E-state index is 0.661. The van der Waals surface area contributed by atoms with E-state index in [0.717, 1.165) is 12.8 Å². The lowest BCUT2D eigenvalue weighted by atomic mass is 9.90. The summed E-state index contributed by atoms with van der Waals surface area (Å²) >= 11 is 0. The number of unbranched alkanes of at least 4 members (excludes halogenated alkanes) is 1. The van der Waals surface area contributed by atoms with E-state index in [-0.39, 0.29) is 0 Å². The maximum absolute atomic E-state index is 4.51. The van der Waals surface area contributed by atoms with Crippen LogP contribution in [0.25, 0.3) is 10.9 Å². The van der Waals surface area contributed by atoms with Crippen LogP contribution in [0.5, 0.6) is 0 Å². The molecule has 1 atom stereocenters. The first-order valence-corrected chi connectivity index (χ1v) is 8.31. The summed E-state index contributed by atoms with van der Waals surface area (Å²) in [6.07, 6.45) is 10.1. The number of rotatable bonds is 7. The number of para-hydroxylation sites is 1. The lowest BCUT2D eigenvalue weighted by Crippen LogP contribution is -2.09. The molecule has 0 saturated heterocycles. The Balaban J connectivity index is 1.77. The van der Waals surface area contributed by atoms with Gasteiger partial charge in [-0.15, -0.1) is 0 Å². The highest BCUT2D eigenvalue weighted by Gasteiger charge is 2.13. The lowest BCUT2D eigenvalue weighted by molar-refractivity contribution is 0.457. The summed E-state index contributed by atoms with van der Waals surface area (Å²) in [6, 6.07) is 14.8. The van der Waals surface area contributed by atoms with Gasteiger partial charge in [-0.1, -0.05) is 44.0 Å². The van der Waals surface area contributed by atoms with Crippen LogP contribution in [0.1, 0.15) is 37.4 Å². The maximum Gasteiger partial charge on any atom is 0.0456 e. The molecule has 0 radical (unpaired) electrons. The lowest BCUT2D eigenvalue weighted by Gasteiger charge is -2.16. The van der Waals surface area contributed by atoms with E-state index in [2.05, 4.69) is 59.5 Å². The van der Waals surface area contributed by atoms with Crippen molar-refractivity contribution in [3.8, 4) is 0 Å². The van der Waals surface area contributed by atoms with Gasteiger partial charge >= 0.3 is 0 Å². The van der Waals surface area contributed by atoms with Gasteiger partial charge in [0.25, 0.3) is 0 Å². The molecule has 0 bridgehead atoms. The molecule has 0 fully saturated rings. The van der Waals surface area contributed by atoms with Crippen molar-refractivity contribution in [1.82, 2.24) is 9.97 Å². The molecule has 0 aliphatic rings. The Morgan fingerprint density at radius 2 is 1.91 bits per heavy atom. The number of hydrogen-bond acceptors (Lipinski definition) is 1. The number of H-pyrrole nitrogens is 1. The number of nitrogens with zero attached hydrogens (tertiary/aromatic N) is 1. The zero-order chi connectivity index (χ0) is 15.2. The fourth-order valence-corrected chi connectivity index (χ4v) is 3.20. The Kier molecular flexibility index (Phi) is 4.89. The highest BCUT2D eigenvalue weighted by Crippen LogP contribution is 2.25. The summed E-state index contributed by atoms with van der Waals surface area (Å²) in [5, 5.41) is 1.37. The molecule has 0 aliphatic carbocycles. The molecule has 1 unspecified atom stereocenters. The van der Waals surface area contributed by atoms with Gasteiger partial charge in [0.1, 0.15) is 0 Å². The summed E-state index contributed by atoms with van der Waals surface area (Å²) in [4.78, 5) is 7.91. The largest absolute Gasteiger partial charge is 0.361 e. The molecule has 0 saturated carbocycles. The summed E-state index contributed by atoms with van der Waals surface area (Å²) in [5.41, 5.74) is 3.89. The molecule has 2 aromatic heterocycles. The molecule has 114 valence electrons. The molecule has 2 nitrogen and oxygen atoms in total. The molecule has 1 N–H and O–H groups in total. The van der Waals surface area contributed by atoms with E-state index in [0.29, 0.717) is 5.92 Å². The van der Waals surface area contributed by atoms with Crippen LogP contribution in [0.2, 0.25) is 0 Å². The molecule has 2 heterocycles. The van der Waals surface area contributed by atoms with E-state index in [1.54, 1.807) is 0 Å². The molecule has 0 spiro atoms. The Labute approximate surface area is 132 Å². The molecule has 22 heavy (non-hydrogen) atoms. The average Bonchev–Trinajstić information content (AvgIpc) is 2.97. The number of benzene rings is 1. The van der Waals surface area contributed by atoms with Gasteiger partial charge in [-0.25, -0.2) is 0 Å². The molecule has 1 aromatic carbocycles. The van der Waals surface area contributed by atoms with E-state index >= 15 is 0 Å². The van der Waals surface area contributed by atoms with Crippen LogP contribution in [0.4, 0.5) is 0 Å². The van der Waals surface area contributed by atoms with Gasteiger partial charge in [0.15, 0.2) is 0 Å². The predicted octanol–water partition coefficient (Wildman–Crippen LogP) is 5.15. The normalized spacial score (nSPS) is 12.6. The third kappa shape index (κ3) is 3.56. The van der Waals surface area contributed by atoms with E-state index in [1.165, 1.54) is 41.4 Å². The van der Waals surface area contributed by atoms with E-state index < -0.39 is 0 Å². The molecular formula is C20H24N2. The maximum atomic E-state index is 4.51. The van der Waals surface area contributed by atoms with Gasteiger partial charge in [-0.2, -0.15) is 0 Å². The van der Waals surface area contributed by atoms with E-state index in [9.17, 15) is 0 Å². The van der Waals surface area contributed by atoms with Gasteiger partial charge in [-0.05, 0) is 48.9 Å². The van der Waals surface area contributed by atoms with Crippen molar-refractivity contribution < 1.29 is 0 Å². The first-order valence-electron chi connectivity index (χ1n) is 8.31. The van der Waals surface area contributed by atoms with Gasteiger partial charge in [0.05, 0.1) is 0 Å². The Morgan fingerprint density at radius 3 is 2.73 bits per heavy atom. The smallest absolute Gasteiger partial charge is 0.0456 e. The molecule has 3 aromatic rings. The van der Waals surface area contributed by atoms with Crippen LogP contribution in [0.3, 0.4) is 0 Å². The second-order valence-electron chi connectivity index (χ2n) is 6.10.